The Balaban J connectivity index is 1.97. The van der Waals surface area contributed by atoms with Gasteiger partial charge in [0.05, 0.1) is 6.26 Å². The highest BCUT2D eigenvalue weighted by molar-refractivity contribution is 7.88. The molecule has 0 aromatic heterocycles. The maximum atomic E-state index is 11.2. The Kier molecular flexibility index (Phi) is 5.47. The van der Waals surface area contributed by atoms with E-state index in [1.165, 1.54) is 11.8 Å². The number of phenols is 1. The summed E-state index contributed by atoms with van der Waals surface area (Å²) in [5.41, 5.74) is 3.22. The lowest BCUT2D eigenvalue weighted by atomic mass is 9.97. The summed E-state index contributed by atoms with van der Waals surface area (Å²) in [5.74, 6) is 0.677. The first-order valence-corrected chi connectivity index (χ1v) is 9.60. The third-order valence-electron chi connectivity index (χ3n) is 4.33. The first-order chi connectivity index (χ1) is 10.2. The van der Waals surface area contributed by atoms with E-state index in [0.29, 0.717) is 24.8 Å². The number of phenolic OH excluding ortho intramolecular Hbond substituents is 1. The minimum Gasteiger partial charge on any atom is -0.508 e. The summed E-state index contributed by atoms with van der Waals surface area (Å²) < 4.78 is 25.0. The van der Waals surface area contributed by atoms with Crippen LogP contribution in [0.2, 0.25) is 0 Å². The van der Waals surface area contributed by atoms with Crippen LogP contribution in [-0.4, -0.2) is 44.3 Å². The molecule has 1 heterocycles. The topological polar surface area (TPSA) is 69.6 Å². The third kappa shape index (κ3) is 4.97. The van der Waals surface area contributed by atoms with Crippen molar-refractivity contribution in [3.8, 4) is 5.75 Å². The summed E-state index contributed by atoms with van der Waals surface area (Å²) in [5, 5.41) is 10.1. The van der Waals surface area contributed by atoms with Gasteiger partial charge in [-0.15, -0.1) is 0 Å². The largest absolute Gasteiger partial charge is 0.508 e. The maximum absolute atomic E-state index is 11.2. The van der Waals surface area contributed by atoms with Gasteiger partial charge in [0, 0.05) is 25.2 Å². The van der Waals surface area contributed by atoms with E-state index in [9.17, 15) is 13.5 Å². The van der Waals surface area contributed by atoms with Gasteiger partial charge in [-0.05, 0) is 56.3 Å². The van der Waals surface area contributed by atoms with Gasteiger partial charge in [0.15, 0.2) is 0 Å². The maximum Gasteiger partial charge on any atom is 0.208 e. The number of aryl methyl sites for hydroxylation is 2. The van der Waals surface area contributed by atoms with Crippen molar-refractivity contribution in [3.05, 3.63) is 28.8 Å². The summed E-state index contributed by atoms with van der Waals surface area (Å²) >= 11 is 0. The standard InChI is InChI=1S/C16H26N2O3S/c1-12-7-15(16(19)8-13(12)2)11-18-6-4-5-14(10-18)9-17-22(3,20)21/h7-8,14,17,19H,4-6,9-11H2,1-3H3/t14-/m1/s1. The van der Waals surface area contributed by atoms with Gasteiger partial charge in [-0.3, -0.25) is 4.90 Å². The summed E-state index contributed by atoms with van der Waals surface area (Å²) in [6, 6.07) is 3.86. The molecule has 0 bridgehead atoms. The zero-order valence-electron chi connectivity index (χ0n) is 13.6. The van der Waals surface area contributed by atoms with Crippen LogP contribution in [0, 0.1) is 19.8 Å². The summed E-state index contributed by atoms with van der Waals surface area (Å²) in [7, 11) is -3.13. The first-order valence-electron chi connectivity index (χ1n) is 7.70. The Hall–Kier alpha value is -1.11. The van der Waals surface area contributed by atoms with Crippen molar-refractivity contribution in [2.24, 2.45) is 5.92 Å². The van der Waals surface area contributed by atoms with E-state index in [4.69, 9.17) is 0 Å². The molecule has 0 amide bonds. The molecule has 1 atom stereocenters. The van der Waals surface area contributed by atoms with Crippen molar-refractivity contribution < 1.29 is 13.5 Å². The molecule has 0 spiro atoms. The lowest BCUT2D eigenvalue weighted by Crippen LogP contribution is -2.40. The lowest BCUT2D eigenvalue weighted by Gasteiger charge is -2.33. The van der Waals surface area contributed by atoms with Crippen LogP contribution in [0.3, 0.4) is 0 Å². The van der Waals surface area contributed by atoms with Gasteiger partial charge >= 0.3 is 0 Å². The monoisotopic (exact) mass is 326 g/mol. The zero-order chi connectivity index (χ0) is 16.3. The highest BCUT2D eigenvalue weighted by Gasteiger charge is 2.21. The van der Waals surface area contributed by atoms with Crippen LogP contribution >= 0.6 is 0 Å². The number of nitrogens with one attached hydrogen (secondary N) is 1. The Labute approximate surface area is 133 Å². The highest BCUT2D eigenvalue weighted by Crippen LogP contribution is 2.25. The fraction of sp³-hybridized carbons (Fsp3) is 0.625. The number of hydrogen-bond acceptors (Lipinski definition) is 4. The van der Waals surface area contributed by atoms with Crippen molar-refractivity contribution in [3.63, 3.8) is 0 Å². The number of aromatic hydroxyl groups is 1. The number of hydrogen-bond donors (Lipinski definition) is 2. The molecule has 0 aliphatic carbocycles. The highest BCUT2D eigenvalue weighted by atomic mass is 32.2. The Bertz CT molecular complexity index is 629. The van der Waals surface area contributed by atoms with E-state index >= 15 is 0 Å². The van der Waals surface area contributed by atoms with Crippen molar-refractivity contribution in [1.82, 2.24) is 9.62 Å². The van der Waals surface area contributed by atoms with Crippen molar-refractivity contribution >= 4 is 10.0 Å². The van der Waals surface area contributed by atoms with Gasteiger partial charge in [0.25, 0.3) is 0 Å². The van der Waals surface area contributed by atoms with Crippen LogP contribution < -0.4 is 4.72 Å². The number of benzene rings is 1. The quantitative estimate of drug-likeness (QED) is 0.865. The number of sulfonamides is 1. The first kappa shape index (κ1) is 17.2. The second-order valence-corrected chi connectivity index (χ2v) is 8.26. The molecular formula is C16H26N2O3S. The molecule has 1 aromatic rings. The molecule has 6 heteroatoms. The molecule has 1 aliphatic rings. The number of rotatable bonds is 5. The molecule has 2 N–H and O–H groups in total. The number of piperidine rings is 1. The molecule has 1 saturated heterocycles. The van der Waals surface area contributed by atoms with Crippen molar-refractivity contribution in [1.29, 1.82) is 0 Å². The van der Waals surface area contributed by atoms with Gasteiger partial charge in [-0.1, -0.05) is 6.07 Å². The molecule has 0 unspecified atom stereocenters. The van der Waals surface area contributed by atoms with Crippen LogP contribution in [0.1, 0.15) is 29.5 Å². The molecule has 1 fully saturated rings. The average Bonchev–Trinajstić information content (AvgIpc) is 2.42. The van der Waals surface area contributed by atoms with Crippen LogP contribution in [0.4, 0.5) is 0 Å². The van der Waals surface area contributed by atoms with Gasteiger partial charge < -0.3 is 5.11 Å². The molecule has 0 saturated carbocycles. The third-order valence-corrected chi connectivity index (χ3v) is 5.02. The predicted molar refractivity (Wildman–Crippen MR) is 88.4 cm³/mol. The summed E-state index contributed by atoms with van der Waals surface area (Å²) in [4.78, 5) is 2.29. The Morgan fingerprint density at radius 3 is 2.68 bits per heavy atom. The van der Waals surface area contributed by atoms with Crippen LogP contribution in [0.15, 0.2) is 12.1 Å². The normalized spacial score (nSPS) is 20.2. The van der Waals surface area contributed by atoms with Crippen LogP contribution in [-0.2, 0) is 16.6 Å². The smallest absolute Gasteiger partial charge is 0.208 e. The van der Waals surface area contributed by atoms with Gasteiger partial charge in [-0.2, -0.15) is 0 Å². The van der Waals surface area contributed by atoms with E-state index in [1.807, 2.05) is 26.0 Å². The van der Waals surface area contributed by atoms with E-state index in [-0.39, 0.29) is 0 Å². The Morgan fingerprint density at radius 1 is 1.32 bits per heavy atom. The molecular weight excluding hydrogens is 300 g/mol. The fourth-order valence-corrected chi connectivity index (χ4v) is 3.50. The van der Waals surface area contributed by atoms with E-state index in [1.54, 1.807) is 0 Å². The van der Waals surface area contributed by atoms with Crippen molar-refractivity contribution in [2.75, 3.05) is 25.9 Å². The van der Waals surface area contributed by atoms with Gasteiger partial charge in [0.2, 0.25) is 10.0 Å². The predicted octanol–water partition coefficient (Wildman–Crippen LogP) is 1.77. The second-order valence-electron chi connectivity index (χ2n) is 6.43. The average molecular weight is 326 g/mol. The minimum atomic E-state index is -3.13. The van der Waals surface area contributed by atoms with Gasteiger partial charge in [0.1, 0.15) is 5.75 Å². The molecule has 1 aliphatic heterocycles. The van der Waals surface area contributed by atoms with Gasteiger partial charge in [-0.25, -0.2) is 13.1 Å². The van der Waals surface area contributed by atoms with E-state index in [0.717, 1.165) is 37.1 Å². The van der Waals surface area contributed by atoms with E-state index < -0.39 is 10.0 Å². The van der Waals surface area contributed by atoms with Crippen LogP contribution in [0.5, 0.6) is 5.75 Å². The molecule has 5 nitrogen and oxygen atoms in total. The lowest BCUT2D eigenvalue weighted by molar-refractivity contribution is 0.167. The van der Waals surface area contributed by atoms with E-state index in [2.05, 4.69) is 9.62 Å². The SMILES string of the molecule is Cc1cc(O)c(CN2CCC[C@H](CNS(C)(=O)=O)C2)cc1C. The number of likely N-dealkylation sites (tertiary alicyclic amines) is 1. The Morgan fingerprint density at radius 2 is 2.00 bits per heavy atom. The minimum absolute atomic E-state index is 0.331. The van der Waals surface area contributed by atoms with Crippen LogP contribution in [0.25, 0.3) is 0 Å². The zero-order valence-corrected chi connectivity index (χ0v) is 14.4. The summed E-state index contributed by atoms with van der Waals surface area (Å²) in [6.45, 7) is 7.09. The van der Waals surface area contributed by atoms with Crippen molar-refractivity contribution in [2.45, 2.75) is 33.2 Å². The fourth-order valence-electron chi connectivity index (χ4n) is 2.96. The summed E-state index contributed by atoms with van der Waals surface area (Å²) in [6.07, 6.45) is 3.29. The molecule has 22 heavy (non-hydrogen) atoms. The second kappa shape index (κ2) is 6.98. The molecule has 0 radical (unpaired) electrons. The molecule has 124 valence electrons. The molecule has 1 aromatic carbocycles. The molecule has 2 rings (SSSR count). The number of nitrogens with zero attached hydrogens (tertiary/aromatic N) is 1.